The molecule has 1 rings (SSSR count). The molecule has 0 radical (unpaired) electrons. The summed E-state index contributed by atoms with van der Waals surface area (Å²) in [6.07, 6.45) is 1.19. The molecule has 0 aliphatic carbocycles. The van der Waals surface area contributed by atoms with Gasteiger partial charge in [-0.2, -0.15) is 0 Å². The maximum Gasteiger partial charge on any atom is 0.175 e. The number of nitrogens with zero attached hydrogens (tertiary/aromatic N) is 1. The van der Waals surface area contributed by atoms with Gasteiger partial charge in [0.25, 0.3) is 0 Å². The van der Waals surface area contributed by atoms with Crippen molar-refractivity contribution in [3.05, 3.63) is 29.8 Å². The van der Waals surface area contributed by atoms with Crippen LogP contribution in [-0.2, 0) is 16.4 Å². The van der Waals surface area contributed by atoms with E-state index in [0.29, 0.717) is 18.0 Å². The van der Waals surface area contributed by atoms with Gasteiger partial charge >= 0.3 is 0 Å². The molecule has 5 heteroatoms. The average Bonchev–Trinajstić information content (AvgIpc) is 2.17. The fourth-order valence-corrected chi connectivity index (χ4v) is 2.03. The summed E-state index contributed by atoms with van der Waals surface area (Å²) in [6, 6.07) is 6.81. The standard InChI is InChI=1S/C11H17NO3S/c1-12(7-8-13)9-10-3-5-11(6-4-10)16(2,14)15/h3-6,13H,7-9H2,1-2H3. The van der Waals surface area contributed by atoms with Crippen LogP contribution in [0.15, 0.2) is 29.2 Å². The van der Waals surface area contributed by atoms with E-state index in [2.05, 4.69) is 0 Å². The molecule has 16 heavy (non-hydrogen) atoms. The van der Waals surface area contributed by atoms with E-state index in [1.165, 1.54) is 6.26 Å². The van der Waals surface area contributed by atoms with Gasteiger partial charge < -0.3 is 5.11 Å². The highest BCUT2D eigenvalue weighted by atomic mass is 32.2. The molecular formula is C11H17NO3S. The number of likely N-dealkylation sites (N-methyl/N-ethyl adjacent to an activating group) is 1. The van der Waals surface area contributed by atoms with Crippen molar-refractivity contribution in [2.75, 3.05) is 26.5 Å². The first-order valence-electron chi connectivity index (χ1n) is 5.02. The molecule has 0 unspecified atom stereocenters. The van der Waals surface area contributed by atoms with Crippen LogP contribution in [0.3, 0.4) is 0 Å². The van der Waals surface area contributed by atoms with Crippen LogP contribution < -0.4 is 0 Å². The number of hydrogen-bond donors (Lipinski definition) is 1. The van der Waals surface area contributed by atoms with E-state index in [4.69, 9.17) is 5.11 Å². The zero-order chi connectivity index (χ0) is 12.2. The minimum Gasteiger partial charge on any atom is -0.395 e. The molecule has 0 atom stereocenters. The van der Waals surface area contributed by atoms with E-state index in [1.807, 2.05) is 11.9 Å². The third-order valence-electron chi connectivity index (χ3n) is 2.29. The summed E-state index contributed by atoms with van der Waals surface area (Å²) in [6.45, 7) is 1.43. The SMILES string of the molecule is CN(CCO)Cc1ccc(S(C)(=O)=O)cc1. The molecule has 0 spiro atoms. The van der Waals surface area contributed by atoms with Gasteiger partial charge in [0.1, 0.15) is 0 Å². The second-order valence-corrected chi connectivity index (χ2v) is 5.89. The number of benzene rings is 1. The zero-order valence-electron chi connectivity index (χ0n) is 9.55. The lowest BCUT2D eigenvalue weighted by atomic mass is 10.2. The minimum absolute atomic E-state index is 0.123. The fraction of sp³-hybridized carbons (Fsp3) is 0.455. The van der Waals surface area contributed by atoms with Crippen LogP contribution in [0, 0.1) is 0 Å². The lowest BCUT2D eigenvalue weighted by molar-refractivity contribution is 0.217. The summed E-state index contributed by atoms with van der Waals surface area (Å²) >= 11 is 0. The molecule has 0 bridgehead atoms. The van der Waals surface area contributed by atoms with E-state index in [1.54, 1.807) is 24.3 Å². The quantitative estimate of drug-likeness (QED) is 0.819. The Morgan fingerprint density at radius 3 is 2.25 bits per heavy atom. The first kappa shape index (κ1) is 13.2. The van der Waals surface area contributed by atoms with Crippen molar-refractivity contribution in [1.82, 2.24) is 4.90 Å². The summed E-state index contributed by atoms with van der Waals surface area (Å²) in [7, 11) is -1.21. The Morgan fingerprint density at radius 1 is 1.25 bits per heavy atom. The lowest BCUT2D eigenvalue weighted by Gasteiger charge is -2.14. The smallest absolute Gasteiger partial charge is 0.175 e. The normalized spacial score (nSPS) is 12.0. The number of hydrogen-bond acceptors (Lipinski definition) is 4. The third-order valence-corrected chi connectivity index (χ3v) is 3.41. The fourth-order valence-electron chi connectivity index (χ4n) is 1.40. The molecular weight excluding hydrogens is 226 g/mol. The Labute approximate surface area is 96.4 Å². The van der Waals surface area contributed by atoms with Crippen molar-refractivity contribution in [2.45, 2.75) is 11.4 Å². The molecule has 0 aromatic heterocycles. The molecule has 0 saturated heterocycles. The number of rotatable bonds is 5. The largest absolute Gasteiger partial charge is 0.395 e. The number of sulfone groups is 1. The molecule has 0 aliphatic rings. The summed E-state index contributed by atoms with van der Waals surface area (Å²) in [5.74, 6) is 0. The lowest BCUT2D eigenvalue weighted by Crippen LogP contribution is -2.21. The van der Waals surface area contributed by atoms with E-state index >= 15 is 0 Å². The van der Waals surface area contributed by atoms with Crippen LogP contribution in [0.25, 0.3) is 0 Å². The van der Waals surface area contributed by atoms with Crippen molar-refractivity contribution < 1.29 is 13.5 Å². The molecule has 1 aromatic rings. The number of aliphatic hydroxyl groups excluding tert-OH is 1. The Balaban J connectivity index is 2.72. The summed E-state index contributed by atoms with van der Waals surface area (Å²) < 4.78 is 22.5. The predicted molar refractivity (Wildman–Crippen MR) is 63.0 cm³/mol. The van der Waals surface area contributed by atoms with Gasteiger partial charge in [-0.1, -0.05) is 12.1 Å². The maximum absolute atomic E-state index is 11.2. The van der Waals surface area contributed by atoms with Crippen LogP contribution in [0.2, 0.25) is 0 Å². The Morgan fingerprint density at radius 2 is 1.81 bits per heavy atom. The highest BCUT2D eigenvalue weighted by Gasteiger charge is 2.06. The Bertz CT molecular complexity index is 425. The van der Waals surface area contributed by atoms with E-state index in [-0.39, 0.29) is 6.61 Å². The van der Waals surface area contributed by atoms with Crippen LogP contribution in [-0.4, -0.2) is 44.9 Å². The molecule has 90 valence electrons. The molecule has 0 fully saturated rings. The van der Waals surface area contributed by atoms with Gasteiger partial charge in [-0.25, -0.2) is 8.42 Å². The van der Waals surface area contributed by atoms with Crippen molar-refractivity contribution in [3.63, 3.8) is 0 Å². The second kappa shape index (κ2) is 5.43. The van der Waals surface area contributed by atoms with E-state index in [0.717, 1.165) is 5.56 Å². The molecule has 1 N–H and O–H groups in total. The third kappa shape index (κ3) is 3.92. The van der Waals surface area contributed by atoms with Crippen molar-refractivity contribution >= 4 is 9.84 Å². The Hall–Kier alpha value is -0.910. The van der Waals surface area contributed by atoms with E-state index < -0.39 is 9.84 Å². The minimum atomic E-state index is -3.11. The molecule has 0 saturated carbocycles. The van der Waals surface area contributed by atoms with Gasteiger partial charge in [-0.3, -0.25) is 4.90 Å². The van der Waals surface area contributed by atoms with Crippen LogP contribution in [0.4, 0.5) is 0 Å². The summed E-state index contributed by atoms with van der Waals surface area (Å²) in [4.78, 5) is 2.30. The van der Waals surface area contributed by atoms with Crippen molar-refractivity contribution in [1.29, 1.82) is 0 Å². The molecule has 1 aromatic carbocycles. The van der Waals surface area contributed by atoms with Crippen molar-refractivity contribution in [2.24, 2.45) is 0 Å². The van der Waals surface area contributed by atoms with Gasteiger partial charge in [0.05, 0.1) is 11.5 Å². The first-order valence-corrected chi connectivity index (χ1v) is 6.91. The topological polar surface area (TPSA) is 57.6 Å². The average molecular weight is 243 g/mol. The molecule has 0 aliphatic heterocycles. The second-order valence-electron chi connectivity index (χ2n) is 3.88. The van der Waals surface area contributed by atoms with Gasteiger partial charge in [0.15, 0.2) is 9.84 Å². The summed E-state index contributed by atoms with van der Waals surface area (Å²) in [5.41, 5.74) is 1.03. The highest BCUT2D eigenvalue weighted by Crippen LogP contribution is 2.11. The van der Waals surface area contributed by atoms with Gasteiger partial charge in [-0.15, -0.1) is 0 Å². The van der Waals surface area contributed by atoms with Crippen molar-refractivity contribution in [3.8, 4) is 0 Å². The first-order chi connectivity index (χ1) is 7.43. The Kier molecular flexibility index (Phi) is 4.46. The maximum atomic E-state index is 11.2. The van der Waals surface area contributed by atoms with Crippen LogP contribution in [0.5, 0.6) is 0 Å². The predicted octanol–water partition coefficient (Wildman–Crippen LogP) is 0.514. The monoisotopic (exact) mass is 243 g/mol. The van der Waals surface area contributed by atoms with Gasteiger partial charge in [0.2, 0.25) is 0 Å². The van der Waals surface area contributed by atoms with Gasteiger partial charge in [0, 0.05) is 19.3 Å². The molecule has 0 heterocycles. The highest BCUT2D eigenvalue weighted by molar-refractivity contribution is 7.90. The van der Waals surface area contributed by atoms with Crippen LogP contribution in [0.1, 0.15) is 5.56 Å². The molecule has 0 amide bonds. The number of aliphatic hydroxyl groups is 1. The van der Waals surface area contributed by atoms with Gasteiger partial charge in [-0.05, 0) is 24.7 Å². The van der Waals surface area contributed by atoms with E-state index in [9.17, 15) is 8.42 Å². The zero-order valence-corrected chi connectivity index (χ0v) is 10.4. The molecule has 4 nitrogen and oxygen atoms in total. The van der Waals surface area contributed by atoms with Crippen LogP contribution >= 0.6 is 0 Å². The summed E-state index contributed by atoms with van der Waals surface area (Å²) in [5, 5.41) is 8.74.